The van der Waals surface area contributed by atoms with Crippen LogP contribution in [0.25, 0.3) is 0 Å². The number of carbonyl (C=O) groups excluding carboxylic acids is 1. The summed E-state index contributed by atoms with van der Waals surface area (Å²) in [6, 6.07) is 7.38. The molecule has 5 heteroatoms. The van der Waals surface area contributed by atoms with Crippen molar-refractivity contribution in [3.63, 3.8) is 0 Å². The molecule has 3 saturated heterocycles. The first-order valence-corrected chi connectivity index (χ1v) is 6.86. The smallest absolute Gasteiger partial charge is 0.319 e. The molecule has 3 aliphatic rings. The number of rotatable bonds is 2. The first-order valence-electron chi connectivity index (χ1n) is 6.86. The Balaban J connectivity index is 1.57. The second-order valence-corrected chi connectivity index (χ2v) is 5.47. The molecule has 1 unspecified atom stereocenters. The Morgan fingerprint density at radius 1 is 1.32 bits per heavy atom. The summed E-state index contributed by atoms with van der Waals surface area (Å²) in [5.41, 5.74) is 7.08. The van der Waals surface area contributed by atoms with Gasteiger partial charge in [-0.1, -0.05) is 6.07 Å². The lowest BCUT2D eigenvalue weighted by Crippen LogP contribution is -2.57. The van der Waals surface area contributed by atoms with Crippen LogP contribution in [0.15, 0.2) is 24.3 Å². The average molecular weight is 260 g/mol. The molecule has 19 heavy (non-hydrogen) atoms. The molecule has 1 atom stereocenters. The monoisotopic (exact) mass is 260 g/mol. The summed E-state index contributed by atoms with van der Waals surface area (Å²) >= 11 is 0. The number of piperidine rings is 3. The third-order valence-electron chi connectivity index (χ3n) is 4.12. The highest BCUT2D eigenvalue weighted by Crippen LogP contribution is 2.27. The van der Waals surface area contributed by atoms with Crippen LogP contribution >= 0.6 is 0 Å². The van der Waals surface area contributed by atoms with E-state index in [2.05, 4.69) is 15.5 Å². The van der Waals surface area contributed by atoms with E-state index in [1.807, 2.05) is 12.1 Å². The summed E-state index contributed by atoms with van der Waals surface area (Å²) in [4.78, 5) is 14.4. The minimum absolute atomic E-state index is 0.135. The molecule has 0 aromatic heterocycles. The largest absolute Gasteiger partial charge is 0.399 e. The number of nitrogens with two attached hydrogens (primary N) is 1. The molecule has 2 amide bonds. The number of nitrogen functional groups attached to an aromatic ring is 1. The second kappa shape index (κ2) is 5.09. The maximum absolute atomic E-state index is 12.0. The van der Waals surface area contributed by atoms with Crippen molar-refractivity contribution >= 4 is 17.4 Å². The molecule has 3 fully saturated rings. The van der Waals surface area contributed by atoms with Gasteiger partial charge in [0.25, 0.3) is 0 Å². The van der Waals surface area contributed by atoms with Crippen LogP contribution in [0.1, 0.15) is 12.8 Å². The van der Waals surface area contributed by atoms with Crippen LogP contribution in [0.3, 0.4) is 0 Å². The summed E-state index contributed by atoms with van der Waals surface area (Å²) in [5, 5.41) is 5.93. The van der Waals surface area contributed by atoms with Crippen molar-refractivity contribution < 1.29 is 4.79 Å². The van der Waals surface area contributed by atoms with Gasteiger partial charge in [-0.25, -0.2) is 4.79 Å². The van der Waals surface area contributed by atoms with Crippen LogP contribution in [0.5, 0.6) is 0 Å². The number of hydrogen-bond donors (Lipinski definition) is 3. The van der Waals surface area contributed by atoms with Crippen molar-refractivity contribution in [2.24, 2.45) is 5.92 Å². The molecule has 4 rings (SSSR count). The van der Waals surface area contributed by atoms with Crippen molar-refractivity contribution in [3.8, 4) is 0 Å². The van der Waals surface area contributed by atoms with Crippen LogP contribution in [0.2, 0.25) is 0 Å². The summed E-state index contributed by atoms with van der Waals surface area (Å²) in [7, 11) is 0. The van der Waals surface area contributed by atoms with Gasteiger partial charge in [-0.15, -0.1) is 0 Å². The fourth-order valence-corrected chi connectivity index (χ4v) is 3.08. The molecule has 0 aliphatic carbocycles. The van der Waals surface area contributed by atoms with E-state index in [1.165, 1.54) is 25.9 Å². The zero-order valence-corrected chi connectivity index (χ0v) is 10.9. The third kappa shape index (κ3) is 2.81. The highest BCUT2D eigenvalue weighted by molar-refractivity contribution is 5.90. The van der Waals surface area contributed by atoms with Crippen LogP contribution in [0, 0.1) is 5.92 Å². The van der Waals surface area contributed by atoms with Crippen molar-refractivity contribution in [2.75, 3.05) is 30.7 Å². The molecule has 1 aromatic rings. The zero-order valence-electron chi connectivity index (χ0n) is 10.9. The van der Waals surface area contributed by atoms with Gasteiger partial charge in [0.2, 0.25) is 0 Å². The predicted molar refractivity (Wildman–Crippen MR) is 76.0 cm³/mol. The van der Waals surface area contributed by atoms with Crippen molar-refractivity contribution in [1.82, 2.24) is 10.2 Å². The molecule has 2 bridgehead atoms. The Kier molecular flexibility index (Phi) is 3.29. The Labute approximate surface area is 113 Å². The summed E-state index contributed by atoms with van der Waals surface area (Å²) in [5.74, 6) is 0.636. The van der Waals surface area contributed by atoms with E-state index in [9.17, 15) is 4.79 Å². The number of benzene rings is 1. The van der Waals surface area contributed by atoms with Gasteiger partial charge in [-0.2, -0.15) is 0 Å². The number of nitrogens with one attached hydrogen (secondary N) is 2. The number of urea groups is 1. The summed E-state index contributed by atoms with van der Waals surface area (Å²) < 4.78 is 0. The fraction of sp³-hybridized carbons (Fsp3) is 0.500. The molecule has 102 valence electrons. The predicted octanol–water partition coefficient (Wildman–Crippen LogP) is 1.48. The molecule has 4 N–H and O–H groups in total. The van der Waals surface area contributed by atoms with Gasteiger partial charge < -0.3 is 21.3 Å². The lowest BCUT2D eigenvalue weighted by atomic mass is 9.84. The SMILES string of the molecule is Nc1cccc(NC(=O)NC2CN3CCC2CC3)c1. The van der Waals surface area contributed by atoms with Crippen molar-refractivity contribution in [3.05, 3.63) is 24.3 Å². The lowest BCUT2D eigenvalue weighted by molar-refractivity contribution is 0.0777. The van der Waals surface area contributed by atoms with Crippen LogP contribution in [0.4, 0.5) is 16.2 Å². The van der Waals surface area contributed by atoms with Gasteiger partial charge in [-0.05, 0) is 50.0 Å². The normalized spacial score (nSPS) is 28.9. The number of amides is 2. The lowest BCUT2D eigenvalue weighted by Gasteiger charge is -2.44. The van der Waals surface area contributed by atoms with Gasteiger partial charge in [0.15, 0.2) is 0 Å². The average Bonchev–Trinajstić information content (AvgIpc) is 2.40. The molecular formula is C14H20N4O. The molecule has 0 saturated carbocycles. The van der Waals surface area contributed by atoms with Crippen molar-refractivity contribution in [1.29, 1.82) is 0 Å². The van der Waals surface area contributed by atoms with Crippen LogP contribution < -0.4 is 16.4 Å². The van der Waals surface area contributed by atoms with Gasteiger partial charge in [0, 0.05) is 24.0 Å². The van der Waals surface area contributed by atoms with E-state index in [1.54, 1.807) is 12.1 Å². The molecule has 3 aliphatic heterocycles. The Bertz CT molecular complexity index is 468. The van der Waals surface area contributed by atoms with Gasteiger partial charge in [0.1, 0.15) is 0 Å². The van der Waals surface area contributed by atoms with E-state index < -0.39 is 0 Å². The summed E-state index contributed by atoms with van der Waals surface area (Å²) in [6.07, 6.45) is 2.40. The second-order valence-electron chi connectivity index (χ2n) is 5.47. The fourth-order valence-electron chi connectivity index (χ4n) is 3.08. The first-order chi connectivity index (χ1) is 9.20. The van der Waals surface area contributed by atoms with E-state index in [0.29, 0.717) is 11.6 Å². The van der Waals surface area contributed by atoms with E-state index in [-0.39, 0.29) is 12.1 Å². The topological polar surface area (TPSA) is 70.4 Å². The van der Waals surface area contributed by atoms with Crippen molar-refractivity contribution in [2.45, 2.75) is 18.9 Å². The molecule has 0 radical (unpaired) electrons. The molecular weight excluding hydrogens is 240 g/mol. The maximum Gasteiger partial charge on any atom is 0.319 e. The Morgan fingerprint density at radius 3 is 2.74 bits per heavy atom. The zero-order chi connectivity index (χ0) is 13.2. The van der Waals surface area contributed by atoms with Gasteiger partial charge in [-0.3, -0.25) is 0 Å². The number of carbonyl (C=O) groups is 1. The number of nitrogens with zero attached hydrogens (tertiary/aromatic N) is 1. The van der Waals surface area contributed by atoms with E-state index in [0.717, 1.165) is 12.2 Å². The molecule has 5 nitrogen and oxygen atoms in total. The quantitative estimate of drug-likeness (QED) is 0.705. The molecule has 0 spiro atoms. The Hall–Kier alpha value is -1.75. The number of hydrogen-bond acceptors (Lipinski definition) is 3. The van der Waals surface area contributed by atoms with E-state index in [4.69, 9.17) is 5.73 Å². The summed E-state index contributed by atoms with van der Waals surface area (Å²) in [6.45, 7) is 3.34. The van der Waals surface area contributed by atoms with Gasteiger partial charge in [0.05, 0.1) is 0 Å². The van der Waals surface area contributed by atoms with Crippen LogP contribution in [-0.4, -0.2) is 36.6 Å². The Morgan fingerprint density at radius 2 is 2.11 bits per heavy atom. The highest BCUT2D eigenvalue weighted by atomic mass is 16.2. The molecule has 1 aromatic carbocycles. The highest BCUT2D eigenvalue weighted by Gasteiger charge is 2.34. The molecule has 3 heterocycles. The first kappa shape index (κ1) is 12.3. The number of anilines is 2. The van der Waals surface area contributed by atoms with Crippen LogP contribution in [-0.2, 0) is 0 Å². The standard InChI is InChI=1S/C14H20N4O/c15-11-2-1-3-12(8-11)16-14(19)17-13-9-18-6-4-10(13)5-7-18/h1-3,8,10,13H,4-7,9,15H2,(H2,16,17,19). The minimum atomic E-state index is -0.135. The minimum Gasteiger partial charge on any atom is -0.399 e. The third-order valence-corrected chi connectivity index (χ3v) is 4.12. The van der Waals surface area contributed by atoms with E-state index >= 15 is 0 Å². The van der Waals surface area contributed by atoms with Gasteiger partial charge >= 0.3 is 6.03 Å². The maximum atomic E-state index is 12.0. The number of fused-ring (bicyclic) bond motifs is 3.